The van der Waals surface area contributed by atoms with Crippen LogP contribution in [-0.2, 0) is 12.8 Å². The number of aryl methyl sites for hydroxylation is 2. The SMILES string of the molecule is CCCCc1ccc(Oc2cc(CCN)ccc2C)cc1. The normalized spacial score (nSPS) is 10.6. The van der Waals surface area contributed by atoms with Crippen LogP contribution in [0.4, 0.5) is 0 Å². The van der Waals surface area contributed by atoms with Crippen molar-refractivity contribution in [2.45, 2.75) is 39.5 Å². The highest BCUT2D eigenvalue weighted by Gasteiger charge is 2.04. The monoisotopic (exact) mass is 283 g/mol. The van der Waals surface area contributed by atoms with Gasteiger partial charge in [0.05, 0.1) is 0 Å². The molecule has 0 atom stereocenters. The molecule has 0 fully saturated rings. The third-order valence-corrected chi connectivity index (χ3v) is 3.66. The van der Waals surface area contributed by atoms with Crippen molar-refractivity contribution in [3.63, 3.8) is 0 Å². The molecule has 0 radical (unpaired) electrons. The van der Waals surface area contributed by atoms with Crippen molar-refractivity contribution in [1.29, 1.82) is 0 Å². The molecule has 0 spiro atoms. The molecule has 0 aliphatic carbocycles. The number of nitrogens with two attached hydrogens (primary N) is 1. The number of rotatable bonds is 7. The molecule has 0 saturated heterocycles. The van der Waals surface area contributed by atoms with E-state index in [-0.39, 0.29) is 0 Å². The molecular formula is C19H25NO. The Bertz CT molecular complexity index is 560. The predicted molar refractivity (Wildman–Crippen MR) is 89.1 cm³/mol. The van der Waals surface area contributed by atoms with Crippen molar-refractivity contribution in [1.82, 2.24) is 0 Å². The van der Waals surface area contributed by atoms with Gasteiger partial charge in [0.1, 0.15) is 11.5 Å². The van der Waals surface area contributed by atoms with Gasteiger partial charge in [0.2, 0.25) is 0 Å². The zero-order valence-corrected chi connectivity index (χ0v) is 13.1. The molecular weight excluding hydrogens is 258 g/mol. The number of ether oxygens (including phenoxy) is 1. The van der Waals surface area contributed by atoms with Crippen LogP contribution in [-0.4, -0.2) is 6.54 Å². The molecule has 0 unspecified atom stereocenters. The Hall–Kier alpha value is -1.80. The largest absolute Gasteiger partial charge is 0.457 e. The summed E-state index contributed by atoms with van der Waals surface area (Å²) in [4.78, 5) is 0. The van der Waals surface area contributed by atoms with Crippen LogP contribution < -0.4 is 10.5 Å². The first-order valence-electron chi connectivity index (χ1n) is 7.79. The zero-order valence-electron chi connectivity index (χ0n) is 13.1. The second-order valence-electron chi connectivity index (χ2n) is 5.49. The van der Waals surface area contributed by atoms with Gasteiger partial charge in [0.25, 0.3) is 0 Å². The topological polar surface area (TPSA) is 35.2 Å². The van der Waals surface area contributed by atoms with E-state index in [1.54, 1.807) is 0 Å². The Kier molecular flexibility index (Phi) is 5.82. The Labute approximate surface area is 127 Å². The average molecular weight is 283 g/mol. The smallest absolute Gasteiger partial charge is 0.130 e. The lowest BCUT2D eigenvalue weighted by molar-refractivity contribution is 0.478. The Morgan fingerprint density at radius 3 is 2.33 bits per heavy atom. The molecule has 0 bridgehead atoms. The lowest BCUT2D eigenvalue weighted by Gasteiger charge is -2.11. The Morgan fingerprint density at radius 1 is 0.952 bits per heavy atom. The van der Waals surface area contributed by atoms with Gasteiger partial charge in [-0.25, -0.2) is 0 Å². The first kappa shape index (κ1) is 15.6. The second-order valence-corrected chi connectivity index (χ2v) is 5.49. The van der Waals surface area contributed by atoms with Crippen LogP contribution in [0.5, 0.6) is 11.5 Å². The maximum Gasteiger partial charge on any atom is 0.130 e. The van der Waals surface area contributed by atoms with Gasteiger partial charge in [-0.1, -0.05) is 37.6 Å². The number of hydrogen-bond acceptors (Lipinski definition) is 2. The molecule has 0 amide bonds. The van der Waals surface area contributed by atoms with Crippen molar-refractivity contribution in [3.8, 4) is 11.5 Å². The van der Waals surface area contributed by atoms with Gasteiger partial charge in [-0.2, -0.15) is 0 Å². The minimum atomic E-state index is 0.661. The van der Waals surface area contributed by atoms with E-state index < -0.39 is 0 Å². The summed E-state index contributed by atoms with van der Waals surface area (Å²) in [5.74, 6) is 1.81. The van der Waals surface area contributed by atoms with Crippen molar-refractivity contribution < 1.29 is 4.74 Å². The maximum atomic E-state index is 6.01. The van der Waals surface area contributed by atoms with E-state index in [0.29, 0.717) is 6.54 Å². The molecule has 112 valence electrons. The van der Waals surface area contributed by atoms with Crippen molar-refractivity contribution in [3.05, 3.63) is 59.2 Å². The molecule has 0 heterocycles. The van der Waals surface area contributed by atoms with Gasteiger partial charge in [-0.3, -0.25) is 0 Å². The van der Waals surface area contributed by atoms with E-state index in [1.165, 1.54) is 24.0 Å². The minimum absolute atomic E-state index is 0.661. The van der Waals surface area contributed by atoms with Crippen LogP contribution in [0.2, 0.25) is 0 Å². The molecule has 2 aromatic carbocycles. The molecule has 2 rings (SSSR count). The van der Waals surface area contributed by atoms with E-state index in [0.717, 1.165) is 29.9 Å². The van der Waals surface area contributed by atoms with Crippen molar-refractivity contribution in [2.24, 2.45) is 5.73 Å². The fraction of sp³-hybridized carbons (Fsp3) is 0.368. The highest BCUT2D eigenvalue weighted by molar-refractivity contribution is 5.40. The van der Waals surface area contributed by atoms with Crippen LogP contribution in [0.3, 0.4) is 0 Å². The van der Waals surface area contributed by atoms with E-state index in [9.17, 15) is 0 Å². The summed E-state index contributed by atoms with van der Waals surface area (Å²) >= 11 is 0. The summed E-state index contributed by atoms with van der Waals surface area (Å²) in [6.07, 6.45) is 4.49. The summed E-state index contributed by atoms with van der Waals surface area (Å²) in [6.45, 7) is 4.94. The second kappa shape index (κ2) is 7.84. The van der Waals surface area contributed by atoms with E-state index >= 15 is 0 Å². The quantitative estimate of drug-likeness (QED) is 0.804. The molecule has 2 heteroatoms. The standard InChI is InChI=1S/C19H25NO/c1-3-4-5-16-8-10-18(11-9-16)21-19-14-17(12-13-20)7-6-15(19)2/h6-11,14H,3-5,12-13,20H2,1-2H3. The van der Waals surface area contributed by atoms with E-state index in [4.69, 9.17) is 10.5 Å². The van der Waals surface area contributed by atoms with Gasteiger partial charge in [-0.05, 0) is 67.6 Å². The lowest BCUT2D eigenvalue weighted by Crippen LogP contribution is -2.02. The van der Waals surface area contributed by atoms with Crippen LogP contribution in [0.1, 0.15) is 36.5 Å². The first-order chi connectivity index (χ1) is 10.2. The Morgan fingerprint density at radius 2 is 1.67 bits per heavy atom. The van der Waals surface area contributed by atoms with Crippen LogP contribution >= 0.6 is 0 Å². The summed E-state index contributed by atoms with van der Waals surface area (Å²) in [6, 6.07) is 14.7. The summed E-state index contributed by atoms with van der Waals surface area (Å²) in [5.41, 5.74) is 9.35. The number of benzene rings is 2. The number of unbranched alkanes of at least 4 members (excludes halogenated alkanes) is 1. The van der Waals surface area contributed by atoms with Crippen molar-refractivity contribution in [2.75, 3.05) is 6.54 Å². The fourth-order valence-electron chi connectivity index (χ4n) is 2.31. The Balaban J connectivity index is 2.08. The molecule has 2 aromatic rings. The fourth-order valence-corrected chi connectivity index (χ4v) is 2.31. The highest BCUT2D eigenvalue weighted by atomic mass is 16.5. The van der Waals surface area contributed by atoms with Crippen LogP contribution in [0.15, 0.2) is 42.5 Å². The lowest BCUT2D eigenvalue weighted by atomic mass is 10.1. The predicted octanol–water partition coefficient (Wildman–Crippen LogP) is 4.63. The van der Waals surface area contributed by atoms with Gasteiger partial charge in [0, 0.05) is 0 Å². The van der Waals surface area contributed by atoms with Crippen molar-refractivity contribution >= 4 is 0 Å². The molecule has 2 N–H and O–H groups in total. The summed E-state index contributed by atoms with van der Waals surface area (Å²) in [7, 11) is 0. The highest BCUT2D eigenvalue weighted by Crippen LogP contribution is 2.26. The molecule has 2 nitrogen and oxygen atoms in total. The third-order valence-electron chi connectivity index (χ3n) is 3.66. The van der Waals surface area contributed by atoms with Gasteiger partial charge in [0.15, 0.2) is 0 Å². The summed E-state index contributed by atoms with van der Waals surface area (Å²) in [5, 5.41) is 0. The minimum Gasteiger partial charge on any atom is -0.457 e. The average Bonchev–Trinajstić information content (AvgIpc) is 2.50. The molecule has 0 aliphatic rings. The maximum absolute atomic E-state index is 6.01. The zero-order chi connectivity index (χ0) is 15.1. The van der Waals surface area contributed by atoms with E-state index in [2.05, 4.69) is 56.3 Å². The first-order valence-corrected chi connectivity index (χ1v) is 7.79. The van der Waals surface area contributed by atoms with Gasteiger partial charge >= 0.3 is 0 Å². The summed E-state index contributed by atoms with van der Waals surface area (Å²) < 4.78 is 6.01. The van der Waals surface area contributed by atoms with Gasteiger partial charge in [-0.15, -0.1) is 0 Å². The molecule has 0 saturated carbocycles. The molecule has 0 aromatic heterocycles. The third kappa shape index (κ3) is 4.61. The van der Waals surface area contributed by atoms with Gasteiger partial charge < -0.3 is 10.5 Å². The number of hydrogen-bond donors (Lipinski definition) is 1. The van der Waals surface area contributed by atoms with E-state index in [1.807, 2.05) is 0 Å². The molecule has 0 aliphatic heterocycles. The van der Waals surface area contributed by atoms with Crippen LogP contribution in [0, 0.1) is 6.92 Å². The molecule has 21 heavy (non-hydrogen) atoms. The van der Waals surface area contributed by atoms with Crippen LogP contribution in [0.25, 0.3) is 0 Å².